The van der Waals surface area contributed by atoms with Crippen LogP contribution in [0.25, 0.3) is 0 Å². The Morgan fingerprint density at radius 2 is 2.44 bits per heavy atom. The summed E-state index contributed by atoms with van der Waals surface area (Å²) in [6.07, 6.45) is 2.86. The standard InChI is InChI=1S/C6H11NO2/c1-3-9-6(8)4-5-7-2/h4-5,7H,3H2,1-2H3/b5-4-. The Hall–Kier alpha value is -0.990. The number of ether oxygens (including phenoxy) is 1. The van der Waals surface area contributed by atoms with E-state index >= 15 is 0 Å². The van der Waals surface area contributed by atoms with Crippen molar-refractivity contribution in [2.75, 3.05) is 13.7 Å². The first kappa shape index (κ1) is 8.01. The summed E-state index contributed by atoms with van der Waals surface area (Å²) in [6.45, 7) is 2.19. The Bertz CT molecular complexity index is 110. The molecule has 0 bridgehead atoms. The van der Waals surface area contributed by atoms with Gasteiger partial charge in [-0.25, -0.2) is 4.79 Å². The highest BCUT2D eigenvalue weighted by molar-refractivity contribution is 5.81. The summed E-state index contributed by atoms with van der Waals surface area (Å²) < 4.78 is 4.58. The van der Waals surface area contributed by atoms with Gasteiger partial charge in [-0.2, -0.15) is 0 Å². The molecule has 0 aliphatic carbocycles. The molecule has 0 unspecified atom stereocenters. The van der Waals surface area contributed by atoms with Gasteiger partial charge in [0.25, 0.3) is 0 Å². The lowest BCUT2D eigenvalue weighted by Gasteiger charge is -1.93. The Kier molecular flexibility index (Phi) is 4.59. The van der Waals surface area contributed by atoms with E-state index in [1.165, 1.54) is 12.3 Å². The molecule has 0 fully saturated rings. The van der Waals surface area contributed by atoms with Crippen molar-refractivity contribution in [3.8, 4) is 0 Å². The molecule has 3 nitrogen and oxygen atoms in total. The molecule has 0 atom stereocenters. The molecular weight excluding hydrogens is 118 g/mol. The molecule has 0 amide bonds. The summed E-state index contributed by atoms with van der Waals surface area (Å²) in [5.41, 5.74) is 0. The second-order valence-electron chi connectivity index (χ2n) is 1.37. The zero-order chi connectivity index (χ0) is 7.11. The van der Waals surface area contributed by atoms with Crippen LogP contribution in [0.3, 0.4) is 0 Å². The van der Waals surface area contributed by atoms with Crippen molar-refractivity contribution in [2.24, 2.45) is 0 Å². The van der Waals surface area contributed by atoms with Gasteiger partial charge in [-0.1, -0.05) is 0 Å². The first-order valence-corrected chi connectivity index (χ1v) is 2.81. The lowest BCUT2D eigenvalue weighted by molar-refractivity contribution is -0.137. The Morgan fingerprint density at radius 1 is 1.78 bits per heavy atom. The molecule has 0 saturated heterocycles. The number of carbonyl (C=O) groups excluding carboxylic acids is 1. The number of rotatable bonds is 3. The number of hydrogen-bond donors (Lipinski definition) is 1. The summed E-state index contributed by atoms with van der Waals surface area (Å²) in [6, 6.07) is 0. The van der Waals surface area contributed by atoms with Crippen molar-refractivity contribution >= 4 is 5.97 Å². The fourth-order valence-electron chi connectivity index (χ4n) is 0.342. The predicted octanol–water partition coefficient (Wildman–Crippen LogP) is 0.283. The van der Waals surface area contributed by atoms with E-state index in [9.17, 15) is 4.79 Å². The third-order valence-electron chi connectivity index (χ3n) is 0.673. The van der Waals surface area contributed by atoms with Crippen molar-refractivity contribution in [2.45, 2.75) is 6.92 Å². The van der Waals surface area contributed by atoms with Crippen LogP contribution in [0.4, 0.5) is 0 Å². The first-order valence-electron chi connectivity index (χ1n) is 2.81. The van der Waals surface area contributed by atoms with E-state index in [1.54, 1.807) is 14.0 Å². The van der Waals surface area contributed by atoms with Gasteiger partial charge in [0.1, 0.15) is 0 Å². The predicted molar refractivity (Wildman–Crippen MR) is 34.8 cm³/mol. The van der Waals surface area contributed by atoms with E-state index in [0.29, 0.717) is 6.61 Å². The van der Waals surface area contributed by atoms with Crippen molar-refractivity contribution in [3.05, 3.63) is 12.3 Å². The molecule has 0 aromatic heterocycles. The topological polar surface area (TPSA) is 38.3 Å². The second-order valence-corrected chi connectivity index (χ2v) is 1.37. The van der Waals surface area contributed by atoms with Gasteiger partial charge >= 0.3 is 5.97 Å². The smallest absolute Gasteiger partial charge is 0.332 e. The SMILES string of the molecule is CCOC(=O)/C=C\NC. The number of esters is 1. The van der Waals surface area contributed by atoms with Crippen molar-refractivity contribution < 1.29 is 9.53 Å². The summed E-state index contributed by atoms with van der Waals surface area (Å²) in [7, 11) is 1.72. The Balaban J connectivity index is 3.37. The Labute approximate surface area is 54.7 Å². The first-order chi connectivity index (χ1) is 4.31. The second kappa shape index (κ2) is 5.15. The van der Waals surface area contributed by atoms with E-state index in [1.807, 2.05) is 0 Å². The molecule has 0 spiro atoms. The average Bonchev–Trinajstić information content (AvgIpc) is 1.85. The van der Waals surface area contributed by atoms with Gasteiger partial charge in [0.15, 0.2) is 0 Å². The molecule has 1 N–H and O–H groups in total. The maximum absolute atomic E-state index is 10.5. The van der Waals surface area contributed by atoms with Gasteiger partial charge in [0.2, 0.25) is 0 Å². The van der Waals surface area contributed by atoms with Crippen molar-refractivity contribution in [1.29, 1.82) is 0 Å². The highest BCUT2D eigenvalue weighted by Crippen LogP contribution is 1.77. The van der Waals surface area contributed by atoms with Crippen LogP contribution in [0, 0.1) is 0 Å². The normalized spacial score (nSPS) is 9.56. The molecule has 0 aromatic carbocycles. The van der Waals surface area contributed by atoms with Crippen molar-refractivity contribution in [3.63, 3.8) is 0 Å². The molecule has 52 valence electrons. The van der Waals surface area contributed by atoms with E-state index in [0.717, 1.165) is 0 Å². The zero-order valence-electron chi connectivity index (χ0n) is 5.68. The van der Waals surface area contributed by atoms with E-state index < -0.39 is 0 Å². The van der Waals surface area contributed by atoms with Gasteiger partial charge in [0, 0.05) is 19.3 Å². The summed E-state index contributed by atoms with van der Waals surface area (Å²) in [4.78, 5) is 10.5. The third-order valence-corrected chi connectivity index (χ3v) is 0.673. The maximum Gasteiger partial charge on any atom is 0.332 e. The Morgan fingerprint density at radius 3 is 2.89 bits per heavy atom. The van der Waals surface area contributed by atoms with Gasteiger partial charge in [-0.3, -0.25) is 0 Å². The monoisotopic (exact) mass is 129 g/mol. The lowest BCUT2D eigenvalue weighted by Crippen LogP contribution is -2.01. The minimum absolute atomic E-state index is 0.313. The van der Waals surface area contributed by atoms with Crippen LogP contribution in [-0.2, 0) is 9.53 Å². The summed E-state index contributed by atoms with van der Waals surface area (Å²) in [5, 5.41) is 2.68. The molecule has 0 aliphatic rings. The van der Waals surface area contributed by atoms with Crippen LogP contribution in [0.15, 0.2) is 12.3 Å². The quantitative estimate of drug-likeness (QED) is 0.439. The minimum atomic E-state index is -0.313. The van der Waals surface area contributed by atoms with Crippen LogP contribution < -0.4 is 5.32 Å². The number of nitrogens with one attached hydrogen (secondary N) is 1. The average molecular weight is 129 g/mol. The van der Waals surface area contributed by atoms with Crippen LogP contribution >= 0.6 is 0 Å². The van der Waals surface area contributed by atoms with Crippen LogP contribution in [-0.4, -0.2) is 19.6 Å². The fourth-order valence-corrected chi connectivity index (χ4v) is 0.342. The van der Waals surface area contributed by atoms with Gasteiger partial charge in [-0.15, -0.1) is 0 Å². The van der Waals surface area contributed by atoms with E-state index in [-0.39, 0.29) is 5.97 Å². The largest absolute Gasteiger partial charge is 0.463 e. The molecular formula is C6H11NO2. The summed E-state index contributed by atoms with van der Waals surface area (Å²) in [5.74, 6) is -0.313. The fraction of sp³-hybridized carbons (Fsp3) is 0.500. The molecule has 0 aliphatic heterocycles. The van der Waals surface area contributed by atoms with Crippen LogP contribution in [0.2, 0.25) is 0 Å². The van der Waals surface area contributed by atoms with Crippen LogP contribution in [0.1, 0.15) is 6.92 Å². The maximum atomic E-state index is 10.5. The molecule has 0 heterocycles. The third kappa shape index (κ3) is 4.87. The van der Waals surface area contributed by atoms with E-state index in [2.05, 4.69) is 10.1 Å². The van der Waals surface area contributed by atoms with Gasteiger partial charge < -0.3 is 10.1 Å². The number of hydrogen-bond acceptors (Lipinski definition) is 3. The molecule has 0 saturated carbocycles. The lowest BCUT2D eigenvalue weighted by atomic mass is 10.6. The minimum Gasteiger partial charge on any atom is -0.463 e. The molecule has 3 heteroatoms. The molecule has 0 aromatic rings. The summed E-state index contributed by atoms with van der Waals surface area (Å²) >= 11 is 0. The highest BCUT2D eigenvalue weighted by Gasteiger charge is 1.89. The number of carbonyl (C=O) groups is 1. The van der Waals surface area contributed by atoms with Gasteiger partial charge in [-0.05, 0) is 6.92 Å². The van der Waals surface area contributed by atoms with Crippen LogP contribution in [0.5, 0.6) is 0 Å². The van der Waals surface area contributed by atoms with E-state index in [4.69, 9.17) is 0 Å². The highest BCUT2D eigenvalue weighted by atomic mass is 16.5. The van der Waals surface area contributed by atoms with Crippen molar-refractivity contribution in [1.82, 2.24) is 5.32 Å². The zero-order valence-corrected chi connectivity index (χ0v) is 5.68. The molecule has 0 radical (unpaired) electrons. The molecule has 0 rings (SSSR count). The molecule has 9 heavy (non-hydrogen) atoms. The van der Waals surface area contributed by atoms with Gasteiger partial charge in [0.05, 0.1) is 6.61 Å².